The zero-order chi connectivity index (χ0) is 8.48. The monoisotopic (exact) mass is 149 g/mol. The van der Waals surface area contributed by atoms with Crippen LogP contribution in [0.3, 0.4) is 0 Å². The molecule has 1 aliphatic carbocycles. The molecule has 0 saturated heterocycles. The maximum atomic E-state index is 11.4. The van der Waals surface area contributed by atoms with Gasteiger partial charge < -0.3 is 0 Å². The molecule has 11 heavy (non-hydrogen) atoms. The summed E-state index contributed by atoms with van der Waals surface area (Å²) in [6.45, 7) is 5.22. The van der Waals surface area contributed by atoms with E-state index in [1.165, 1.54) is 0 Å². The fourth-order valence-corrected chi connectivity index (χ4v) is 1.33. The molecule has 0 bridgehead atoms. The predicted octanol–water partition coefficient (Wildman–Crippen LogP) is 1.83. The van der Waals surface area contributed by atoms with Crippen molar-refractivity contribution in [2.75, 3.05) is 0 Å². The van der Waals surface area contributed by atoms with Gasteiger partial charge in [-0.3, -0.25) is 4.79 Å². The minimum Gasteiger partial charge on any atom is -0.293 e. The number of rotatable bonds is 2. The fourth-order valence-electron chi connectivity index (χ4n) is 1.33. The minimum atomic E-state index is -0.689. The van der Waals surface area contributed by atoms with Crippen LogP contribution in [0.2, 0.25) is 0 Å². The summed E-state index contributed by atoms with van der Waals surface area (Å²) in [6, 6.07) is 2.09. The number of Topliss-reactive ketones (excluding diaryl/α,β-unsaturated/α-hetero) is 1. The second-order valence-electron chi connectivity index (χ2n) is 3.16. The highest BCUT2D eigenvalue weighted by Crippen LogP contribution is 2.42. The lowest BCUT2D eigenvalue weighted by Gasteiger charge is -2.33. The zero-order valence-electron chi connectivity index (χ0n) is 6.68. The quantitative estimate of drug-likeness (QED) is 0.562. The maximum Gasteiger partial charge on any atom is 0.178 e. The first-order valence-electron chi connectivity index (χ1n) is 3.74. The van der Waals surface area contributed by atoms with Crippen LogP contribution in [0.5, 0.6) is 0 Å². The van der Waals surface area contributed by atoms with Gasteiger partial charge in [0.25, 0.3) is 0 Å². The molecule has 0 atom stereocenters. The number of hydrogen-bond donors (Lipinski definition) is 0. The van der Waals surface area contributed by atoms with Gasteiger partial charge in [0.15, 0.2) is 5.78 Å². The van der Waals surface area contributed by atoms with Crippen molar-refractivity contribution >= 4 is 5.78 Å². The summed E-state index contributed by atoms with van der Waals surface area (Å²) >= 11 is 0. The van der Waals surface area contributed by atoms with Crippen molar-refractivity contribution in [3.63, 3.8) is 0 Å². The van der Waals surface area contributed by atoms with Crippen LogP contribution in [0, 0.1) is 16.7 Å². The second kappa shape index (κ2) is 2.50. The Kier molecular flexibility index (Phi) is 1.82. The van der Waals surface area contributed by atoms with E-state index in [4.69, 9.17) is 5.26 Å². The Balaban J connectivity index is 2.80. The van der Waals surface area contributed by atoms with Crippen LogP contribution in [0.25, 0.3) is 0 Å². The number of ketones is 1. The van der Waals surface area contributed by atoms with Crippen LogP contribution in [-0.2, 0) is 4.79 Å². The van der Waals surface area contributed by atoms with Crippen molar-refractivity contribution in [2.24, 2.45) is 5.41 Å². The molecule has 0 N–H and O–H groups in total. The van der Waals surface area contributed by atoms with E-state index in [0.29, 0.717) is 5.57 Å². The first kappa shape index (κ1) is 8.00. The molecule has 0 aromatic rings. The number of carbonyl (C=O) groups excluding carboxylic acids is 1. The molecule has 0 heterocycles. The lowest BCUT2D eigenvalue weighted by molar-refractivity contribution is -0.125. The predicted molar refractivity (Wildman–Crippen MR) is 41.7 cm³/mol. The van der Waals surface area contributed by atoms with E-state index in [0.717, 1.165) is 19.3 Å². The van der Waals surface area contributed by atoms with Gasteiger partial charge in [0, 0.05) is 0 Å². The Morgan fingerprint density at radius 2 is 2.18 bits per heavy atom. The standard InChI is InChI=1S/C9H11NO/c1-7(2)8(11)9(6-10)4-3-5-9/h1,3-5H2,2H3. The van der Waals surface area contributed by atoms with Crippen molar-refractivity contribution in [2.45, 2.75) is 26.2 Å². The van der Waals surface area contributed by atoms with E-state index >= 15 is 0 Å². The summed E-state index contributed by atoms with van der Waals surface area (Å²) in [5, 5.41) is 8.74. The Hall–Kier alpha value is -1.10. The molecule has 1 aliphatic rings. The van der Waals surface area contributed by atoms with Crippen molar-refractivity contribution in [1.82, 2.24) is 0 Å². The molecular formula is C9H11NO. The van der Waals surface area contributed by atoms with E-state index < -0.39 is 5.41 Å². The van der Waals surface area contributed by atoms with Gasteiger partial charge >= 0.3 is 0 Å². The average molecular weight is 149 g/mol. The van der Waals surface area contributed by atoms with E-state index in [1.807, 2.05) is 0 Å². The van der Waals surface area contributed by atoms with Crippen LogP contribution in [-0.4, -0.2) is 5.78 Å². The molecule has 0 aliphatic heterocycles. The molecule has 0 spiro atoms. The average Bonchev–Trinajstić information content (AvgIpc) is 1.86. The van der Waals surface area contributed by atoms with Crippen LogP contribution < -0.4 is 0 Å². The van der Waals surface area contributed by atoms with Crippen LogP contribution in [0.4, 0.5) is 0 Å². The molecule has 1 saturated carbocycles. The third kappa shape index (κ3) is 1.07. The lowest BCUT2D eigenvalue weighted by Crippen LogP contribution is -2.36. The third-order valence-electron chi connectivity index (χ3n) is 2.24. The first-order valence-corrected chi connectivity index (χ1v) is 3.74. The van der Waals surface area contributed by atoms with Crippen molar-refractivity contribution in [1.29, 1.82) is 5.26 Å². The van der Waals surface area contributed by atoms with Crippen molar-refractivity contribution < 1.29 is 4.79 Å². The molecule has 58 valence electrons. The molecule has 2 heteroatoms. The van der Waals surface area contributed by atoms with Crippen LogP contribution in [0.1, 0.15) is 26.2 Å². The summed E-state index contributed by atoms with van der Waals surface area (Å²) < 4.78 is 0. The number of nitriles is 1. The van der Waals surface area contributed by atoms with E-state index in [2.05, 4.69) is 12.6 Å². The minimum absolute atomic E-state index is 0.0637. The lowest BCUT2D eigenvalue weighted by atomic mass is 9.66. The number of hydrogen-bond acceptors (Lipinski definition) is 2. The Labute approximate surface area is 66.5 Å². The second-order valence-corrected chi connectivity index (χ2v) is 3.16. The molecule has 1 rings (SSSR count). The van der Waals surface area contributed by atoms with Crippen molar-refractivity contribution in [3.05, 3.63) is 12.2 Å². The van der Waals surface area contributed by atoms with Crippen molar-refractivity contribution in [3.8, 4) is 6.07 Å². The molecule has 0 radical (unpaired) electrons. The Morgan fingerprint density at radius 3 is 2.27 bits per heavy atom. The summed E-state index contributed by atoms with van der Waals surface area (Å²) in [5.41, 5.74) is -0.183. The molecule has 2 nitrogen and oxygen atoms in total. The molecule has 0 amide bonds. The smallest absolute Gasteiger partial charge is 0.178 e. The van der Waals surface area contributed by atoms with Gasteiger partial charge in [0.05, 0.1) is 6.07 Å². The molecule has 0 unspecified atom stereocenters. The van der Waals surface area contributed by atoms with Gasteiger partial charge in [-0.05, 0) is 31.8 Å². The largest absolute Gasteiger partial charge is 0.293 e. The van der Waals surface area contributed by atoms with Crippen LogP contribution in [0.15, 0.2) is 12.2 Å². The first-order chi connectivity index (χ1) is 5.12. The number of carbonyl (C=O) groups is 1. The van der Waals surface area contributed by atoms with E-state index in [1.54, 1.807) is 6.92 Å². The maximum absolute atomic E-state index is 11.4. The topological polar surface area (TPSA) is 40.9 Å². The Bertz CT molecular complexity index is 243. The van der Waals surface area contributed by atoms with Gasteiger partial charge in [-0.2, -0.15) is 5.26 Å². The van der Waals surface area contributed by atoms with Gasteiger partial charge in [0.1, 0.15) is 5.41 Å². The molecule has 1 fully saturated rings. The molecule has 0 aromatic heterocycles. The third-order valence-corrected chi connectivity index (χ3v) is 2.24. The summed E-state index contributed by atoms with van der Waals surface area (Å²) in [7, 11) is 0. The highest BCUT2D eigenvalue weighted by molar-refractivity contribution is 6.01. The zero-order valence-corrected chi connectivity index (χ0v) is 6.68. The van der Waals surface area contributed by atoms with E-state index in [9.17, 15) is 4.79 Å². The summed E-state index contributed by atoms with van der Waals surface area (Å²) in [4.78, 5) is 11.4. The fraction of sp³-hybridized carbons (Fsp3) is 0.556. The summed E-state index contributed by atoms with van der Waals surface area (Å²) in [5.74, 6) is -0.0637. The normalized spacial score (nSPS) is 19.6. The highest BCUT2D eigenvalue weighted by Gasteiger charge is 2.44. The van der Waals surface area contributed by atoms with Gasteiger partial charge in [-0.25, -0.2) is 0 Å². The Morgan fingerprint density at radius 1 is 1.64 bits per heavy atom. The van der Waals surface area contributed by atoms with Gasteiger partial charge in [0.2, 0.25) is 0 Å². The van der Waals surface area contributed by atoms with E-state index in [-0.39, 0.29) is 5.78 Å². The van der Waals surface area contributed by atoms with Gasteiger partial charge in [-0.15, -0.1) is 0 Å². The SMILES string of the molecule is C=C(C)C(=O)C1(C#N)CCC1. The van der Waals surface area contributed by atoms with Gasteiger partial charge in [-0.1, -0.05) is 6.58 Å². The molecular weight excluding hydrogens is 138 g/mol. The molecule has 0 aromatic carbocycles. The summed E-state index contributed by atoms with van der Waals surface area (Å²) in [6.07, 6.45) is 2.43. The highest BCUT2D eigenvalue weighted by atomic mass is 16.1. The number of nitrogens with zero attached hydrogens (tertiary/aromatic N) is 1. The number of allylic oxidation sites excluding steroid dienone is 1. The van der Waals surface area contributed by atoms with Crippen LogP contribution >= 0.6 is 0 Å².